The Balaban J connectivity index is 1.35. The molecular weight excluding hydrogens is 499 g/mol. The Kier molecular flexibility index (Phi) is 7.51. The van der Waals surface area contributed by atoms with E-state index in [1.54, 1.807) is 36.4 Å². The molecule has 0 spiro atoms. The first kappa shape index (κ1) is 26.3. The van der Waals surface area contributed by atoms with Crippen molar-refractivity contribution < 1.29 is 27.8 Å². The van der Waals surface area contributed by atoms with E-state index >= 15 is 0 Å². The first-order chi connectivity index (χ1) is 18.3. The molecule has 1 amide bonds. The van der Waals surface area contributed by atoms with Crippen molar-refractivity contribution >= 4 is 22.5 Å². The van der Waals surface area contributed by atoms with Gasteiger partial charge in [-0.25, -0.2) is 13.2 Å². The van der Waals surface area contributed by atoms with Crippen LogP contribution in [-0.4, -0.2) is 64.8 Å². The standard InChI is InChI=1S/C27H30F3N5O3/c1-16(17-3-2-4-18(24(17)28)25(29)30)34-20-5-8-32-21-14-33-23(13-19(20)21)27(37)6-10-35(11-7-27)26(36)22-15-31-9-12-38-22/h2-5,8,13-14,16,22,25,31,37H,6-7,9-12,15H2,1H3,(H,32,34)/t16-,22+/m1/s1. The number of nitrogens with zero attached hydrogens (tertiary/aromatic N) is 3. The summed E-state index contributed by atoms with van der Waals surface area (Å²) in [6.45, 7) is 4.10. The highest BCUT2D eigenvalue weighted by atomic mass is 19.3. The molecular formula is C27H30F3N5O3. The molecule has 2 aliphatic rings. The van der Waals surface area contributed by atoms with Crippen LogP contribution in [0.25, 0.3) is 10.9 Å². The molecule has 3 N–H and O–H groups in total. The second-order valence-electron chi connectivity index (χ2n) is 9.78. The number of hydrogen-bond acceptors (Lipinski definition) is 7. The third kappa shape index (κ3) is 5.18. The van der Waals surface area contributed by atoms with Gasteiger partial charge in [-0.05, 0) is 31.9 Å². The van der Waals surface area contributed by atoms with Gasteiger partial charge in [-0.15, -0.1) is 0 Å². The zero-order chi connectivity index (χ0) is 26.9. The zero-order valence-electron chi connectivity index (χ0n) is 21.0. The number of fused-ring (bicyclic) bond motifs is 1. The summed E-state index contributed by atoms with van der Waals surface area (Å²) >= 11 is 0. The van der Waals surface area contributed by atoms with E-state index in [0.717, 1.165) is 12.6 Å². The highest BCUT2D eigenvalue weighted by Crippen LogP contribution is 2.35. The zero-order valence-corrected chi connectivity index (χ0v) is 21.0. The normalized spacial score (nSPS) is 20.5. The van der Waals surface area contributed by atoms with Crippen LogP contribution in [0.15, 0.2) is 42.7 Å². The Hall–Kier alpha value is -3.28. The number of nitrogens with one attached hydrogen (secondary N) is 2. The number of alkyl halides is 2. The molecule has 5 rings (SSSR count). The summed E-state index contributed by atoms with van der Waals surface area (Å²) in [5, 5.41) is 18.5. The fourth-order valence-corrected chi connectivity index (χ4v) is 5.09. The first-order valence-electron chi connectivity index (χ1n) is 12.7. The van der Waals surface area contributed by atoms with Crippen LogP contribution >= 0.6 is 0 Å². The maximum atomic E-state index is 14.7. The van der Waals surface area contributed by atoms with Gasteiger partial charge in [-0.3, -0.25) is 14.8 Å². The maximum Gasteiger partial charge on any atom is 0.266 e. The first-order valence-corrected chi connectivity index (χ1v) is 12.7. The van der Waals surface area contributed by atoms with Crippen molar-refractivity contribution in [3.05, 3.63) is 65.4 Å². The van der Waals surface area contributed by atoms with Crippen LogP contribution < -0.4 is 10.6 Å². The number of rotatable bonds is 6. The smallest absolute Gasteiger partial charge is 0.266 e. The molecule has 0 aliphatic carbocycles. The predicted octanol–water partition coefficient (Wildman–Crippen LogP) is 3.68. The molecule has 2 aromatic heterocycles. The summed E-state index contributed by atoms with van der Waals surface area (Å²) in [5.41, 5.74) is -0.151. The number of benzene rings is 1. The molecule has 1 aromatic carbocycles. The van der Waals surface area contributed by atoms with Gasteiger partial charge in [0.25, 0.3) is 12.3 Å². The number of likely N-dealkylation sites (tertiary alicyclic amines) is 1. The summed E-state index contributed by atoms with van der Waals surface area (Å²) in [7, 11) is 0. The lowest BCUT2D eigenvalue weighted by molar-refractivity contribution is -0.149. The van der Waals surface area contributed by atoms with Crippen molar-refractivity contribution in [2.75, 3.05) is 38.1 Å². The van der Waals surface area contributed by atoms with E-state index in [0.29, 0.717) is 61.4 Å². The van der Waals surface area contributed by atoms with Gasteiger partial charge in [0.1, 0.15) is 17.5 Å². The van der Waals surface area contributed by atoms with Crippen molar-refractivity contribution in [2.45, 2.75) is 43.9 Å². The van der Waals surface area contributed by atoms with Crippen LogP contribution in [0.3, 0.4) is 0 Å². The molecule has 38 heavy (non-hydrogen) atoms. The summed E-state index contributed by atoms with van der Waals surface area (Å²) in [6, 6.07) is 6.80. The number of carbonyl (C=O) groups excluding carboxylic acids is 1. The molecule has 11 heteroatoms. The highest BCUT2D eigenvalue weighted by Gasteiger charge is 2.38. The number of morpholine rings is 1. The molecule has 0 bridgehead atoms. The molecule has 2 aliphatic heterocycles. The van der Waals surface area contributed by atoms with Crippen molar-refractivity contribution in [1.82, 2.24) is 20.2 Å². The SMILES string of the molecule is C[C@@H](Nc1ccnc2cnc(C3(O)CCN(C(=O)[C@@H]4CNCCO4)CC3)cc12)c1cccc(C(F)F)c1F. The van der Waals surface area contributed by atoms with Crippen LogP contribution in [0.4, 0.5) is 18.9 Å². The Morgan fingerprint density at radius 2 is 2.00 bits per heavy atom. The summed E-state index contributed by atoms with van der Waals surface area (Å²) in [6.07, 6.45) is 0.333. The topological polar surface area (TPSA) is 99.6 Å². The minimum absolute atomic E-state index is 0.0847. The Bertz CT molecular complexity index is 1310. The van der Waals surface area contributed by atoms with Crippen LogP contribution in [0.1, 0.15) is 49.1 Å². The molecule has 2 fully saturated rings. The second kappa shape index (κ2) is 10.8. The molecule has 2 atom stereocenters. The quantitative estimate of drug-likeness (QED) is 0.448. The van der Waals surface area contributed by atoms with Crippen LogP contribution in [0, 0.1) is 5.82 Å². The van der Waals surface area contributed by atoms with Gasteiger partial charge >= 0.3 is 0 Å². The number of amides is 1. The maximum absolute atomic E-state index is 14.7. The van der Waals surface area contributed by atoms with Gasteiger partial charge in [0.2, 0.25) is 0 Å². The Morgan fingerprint density at radius 3 is 2.71 bits per heavy atom. The van der Waals surface area contributed by atoms with Gasteiger partial charge in [0.05, 0.1) is 35.6 Å². The van der Waals surface area contributed by atoms with E-state index in [9.17, 15) is 23.1 Å². The summed E-state index contributed by atoms with van der Waals surface area (Å²) in [5.74, 6) is -1.02. The van der Waals surface area contributed by atoms with Crippen LogP contribution in [0.2, 0.25) is 0 Å². The molecule has 0 unspecified atom stereocenters. The third-order valence-electron chi connectivity index (χ3n) is 7.34. The number of anilines is 1. The Morgan fingerprint density at radius 1 is 1.24 bits per heavy atom. The molecule has 0 saturated carbocycles. The number of ether oxygens (including phenoxy) is 1. The number of hydrogen-bond donors (Lipinski definition) is 3. The lowest BCUT2D eigenvalue weighted by Gasteiger charge is -2.39. The molecule has 0 radical (unpaired) electrons. The number of carbonyl (C=O) groups is 1. The van der Waals surface area contributed by atoms with Gasteiger partial charge in [-0.2, -0.15) is 0 Å². The average molecular weight is 530 g/mol. The minimum atomic E-state index is -2.91. The molecule has 4 heterocycles. The average Bonchev–Trinajstić information content (AvgIpc) is 2.93. The number of piperidine rings is 1. The van der Waals surface area contributed by atoms with Gasteiger partial charge < -0.3 is 25.4 Å². The largest absolute Gasteiger partial charge is 0.383 e. The third-order valence-corrected chi connectivity index (χ3v) is 7.34. The van der Waals surface area contributed by atoms with Gasteiger partial charge in [-0.1, -0.05) is 18.2 Å². The summed E-state index contributed by atoms with van der Waals surface area (Å²) < 4.78 is 46.7. The van der Waals surface area contributed by atoms with E-state index < -0.39 is 35.6 Å². The van der Waals surface area contributed by atoms with E-state index in [1.165, 1.54) is 12.1 Å². The van der Waals surface area contributed by atoms with Gasteiger partial charge in [0.15, 0.2) is 0 Å². The highest BCUT2D eigenvalue weighted by molar-refractivity contribution is 5.91. The number of aromatic nitrogens is 2. The number of halogens is 3. The van der Waals surface area contributed by atoms with Crippen LogP contribution in [-0.2, 0) is 15.1 Å². The lowest BCUT2D eigenvalue weighted by Crippen LogP contribution is -2.53. The molecule has 202 valence electrons. The fraction of sp³-hybridized carbons (Fsp3) is 0.444. The van der Waals surface area contributed by atoms with Crippen LogP contribution in [0.5, 0.6) is 0 Å². The van der Waals surface area contributed by atoms with Crippen molar-refractivity contribution in [2.24, 2.45) is 0 Å². The van der Waals surface area contributed by atoms with Crippen molar-refractivity contribution in [1.29, 1.82) is 0 Å². The lowest BCUT2D eigenvalue weighted by atomic mass is 9.87. The van der Waals surface area contributed by atoms with Crippen molar-refractivity contribution in [3.63, 3.8) is 0 Å². The number of aliphatic hydroxyl groups is 1. The predicted molar refractivity (Wildman–Crippen MR) is 135 cm³/mol. The Labute approximate surface area is 218 Å². The molecule has 3 aromatic rings. The summed E-state index contributed by atoms with van der Waals surface area (Å²) in [4.78, 5) is 23.3. The monoisotopic (exact) mass is 529 g/mol. The van der Waals surface area contributed by atoms with E-state index in [1.807, 2.05) is 0 Å². The fourth-order valence-electron chi connectivity index (χ4n) is 5.09. The molecule has 2 saturated heterocycles. The van der Waals surface area contributed by atoms with E-state index in [2.05, 4.69) is 20.6 Å². The van der Waals surface area contributed by atoms with Gasteiger partial charge in [0, 0.05) is 49.0 Å². The van der Waals surface area contributed by atoms with E-state index in [4.69, 9.17) is 4.74 Å². The minimum Gasteiger partial charge on any atom is -0.383 e. The second-order valence-corrected chi connectivity index (χ2v) is 9.78. The van der Waals surface area contributed by atoms with E-state index in [-0.39, 0.29) is 11.5 Å². The number of pyridine rings is 2. The van der Waals surface area contributed by atoms with Crippen molar-refractivity contribution in [3.8, 4) is 0 Å². The molecule has 8 nitrogen and oxygen atoms in total.